The van der Waals surface area contributed by atoms with Crippen molar-refractivity contribution < 1.29 is 14.6 Å². The van der Waals surface area contributed by atoms with Crippen molar-refractivity contribution in [3.8, 4) is 0 Å². The Kier molecular flexibility index (Phi) is 18.0. The number of rotatable bonds is 17. The van der Waals surface area contributed by atoms with Crippen LogP contribution in [0.5, 0.6) is 0 Å². The van der Waals surface area contributed by atoms with Gasteiger partial charge in [0, 0.05) is 0 Å². The van der Waals surface area contributed by atoms with E-state index in [9.17, 15) is 9.90 Å². The number of unbranched alkanes of at least 4 members (excludes halogenated alkanes) is 13. The molecule has 131 valence electrons. The zero-order valence-corrected chi connectivity index (χ0v) is 14.7. The summed E-state index contributed by atoms with van der Waals surface area (Å²) in [6.45, 7) is 2.38. The van der Waals surface area contributed by atoms with Gasteiger partial charge in [0.1, 0.15) is 0 Å². The van der Waals surface area contributed by atoms with E-state index in [0.29, 0.717) is 6.61 Å². The second-order valence-electron chi connectivity index (χ2n) is 6.27. The maximum Gasteiger partial charge on any atom is 0.308 e. The van der Waals surface area contributed by atoms with Crippen LogP contribution in [-0.2, 0) is 14.6 Å². The molecule has 0 fully saturated rings. The Morgan fingerprint density at radius 3 is 1.50 bits per heavy atom. The van der Waals surface area contributed by atoms with Crippen LogP contribution in [0.3, 0.4) is 0 Å². The first-order valence-corrected chi connectivity index (χ1v) is 9.55. The molecule has 0 saturated carbocycles. The molecule has 1 radical (unpaired) electrons. The first kappa shape index (κ1) is 21.4. The molecule has 0 saturated heterocycles. The van der Waals surface area contributed by atoms with Crippen LogP contribution in [0.15, 0.2) is 0 Å². The summed E-state index contributed by atoms with van der Waals surface area (Å²) in [4.78, 5) is 11.0. The third kappa shape index (κ3) is 17.5. The van der Waals surface area contributed by atoms with Gasteiger partial charge in [-0.3, -0.25) is 4.79 Å². The minimum Gasteiger partial charge on any atom is -0.466 e. The lowest BCUT2D eigenvalue weighted by molar-refractivity contribution is -0.144. The molecule has 22 heavy (non-hydrogen) atoms. The number of hydrogen-bond acceptors (Lipinski definition) is 2. The zero-order valence-electron chi connectivity index (χ0n) is 14.7. The summed E-state index contributed by atoms with van der Waals surface area (Å²) in [5.74, 6) is -0.343. The molecule has 0 bridgehead atoms. The van der Waals surface area contributed by atoms with Crippen molar-refractivity contribution in [3.63, 3.8) is 0 Å². The molecule has 3 nitrogen and oxygen atoms in total. The van der Waals surface area contributed by atoms with Gasteiger partial charge in [0.25, 0.3) is 0 Å². The lowest BCUT2D eigenvalue weighted by atomic mass is 10.0. The van der Waals surface area contributed by atoms with Gasteiger partial charge in [0.2, 0.25) is 0 Å². The third-order valence-electron chi connectivity index (χ3n) is 4.07. The molecule has 0 aromatic rings. The predicted molar refractivity (Wildman–Crippen MR) is 91.4 cm³/mol. The summed E-state index contributed by atoms with van der Waals surface area (Å²) in [7, 11) is 0. The highest BCUT2D eigenvalue weighted by molar-refractivity contribution is 5.69. The Morgan fingerprint density at radius 1 is 0.682 bits per heavy atom. The molecule has 0 amide bonds. The SMILES string of the molecule is CCCCCCCCCCCCCCCCOC(=O)CC[O]. The average molecular weight is 314 g/mol. The van der Waals surface area contributed by atoms with Gasteiger partial charge < -0.3 is 4.74 Å². The van der Waals surface area contributed by atoms with Crippen LogP contribution in [0, 0.1) is 0 Å². The topological polar surface area (TPSA) is 46.2 Å². The van der Waals surface area contributed by atoms with Crippen LogP contribution in [0.4, 0.5) is 0 Å². The molecule has 0 rings (SSSR count). The fourth-order valence-electron chi connectivity index (χ4n) is 2.64. The fourth-order valence-corrected chi connectivity index (χ4v) is 2.64. The summed E-state index contributed by atoms with van der Waals surface area (Å²) in [5, 5.41) is 10.2. The van der Waals surface area contributed by atoms with E-state index in [4.69, 9.17) is 4.74 Å². The predicted octanol–water partition coefficient (Wildman–Crippen LogP) is 5.83. The Bertz CT molecular complexity index is 229. The summed E-state index contributed by atoms with van der Waals surface area (Å²) >= 11 is 0. The summed E-state index contributed by atoms with van der Waals surface area (Å²) in [6, 6.07) is 0. The fraction of sp³-hybridized carbons (Fsp3) is 0.947. The van der Waals surface area contributed by atoms with E-state index in [1.54, 1.807) is 0 Å². The van der Waals surface area contributed by atoms with Crippen LogP contribution in [-0.4, -0.2) is 19.2 Å². The van der Waals surface area contributed by atoms with E-state index >= 15 is 0 Å². The van der Waals surface area contributed by atoms with Crippen LogP contribution in [0.25, 0.3) is 0 Å². The van der Waals surface area contributed by atoms with E-state index < -0.39 is 0 Å². The molecule has 0 aliphatic rings. The molecule has 0 heterocycles. The molecular formula is C19H37O3. The highest BCUT2D eigenvalue weighted by Crippen LogP contribution is 2.12. The van der Waals surface area contributed by atoms with E-state index in [1.165, 1.54) is 77.0 Å². The Hall–Kier alpha value is -0.570. The van der Waals surface area contributed by atoms with Crippen molar-refractivity contribution in [3.05, 3.63) is 0 Å². The Balaban J connectivity index is 3.01. The smallest absolute Gasteiger partial charge is 0.308 e. The lowest BCUT2D eigenvalue weighted by Gasteiger charge is -2.04. The first-order chi connectivity index (χ1) is 10.8. The van der Waals surface area contributed by atoms with E-state index in [-0.39, 0.29) is 19.0 Å². The van der Waals surface area contributed by atoms with E-state index in [0.717, 1.165) is 12.8 Å². The van der Waals surface area contributed by atoms with Crippen LogP contribution in [0.2, 0.25) is 0 Å². The van der Waals surface area contributed by atoms with Crippen LogP contribution in [0.1, 0.15) is 103 Å². The van der Waals surface area contributed by atoms with Gasteiger partial charge >= 0.3 is 5.97 Å². The molecule has 0 aliphatic heterocycles. The van der Waals surface area contributed by atoms with Gasteiger partial charge in [0.15, 0.2) is 0 Å². The Morgan fingerprint density at radius 2 is 1.09 bits per heavy atom. The minimum atomic E-state index is -0.364. The molecule has 3 heteroatoms. The van der Waals surface area contributed by atoms with Crippen molar-refractivity contribution in [2.24, 2.45) is 0 Å². The van der Waals surface area contributed by atoms with Crippen molar-refractivity contribution in [1.82, 2.24) is 0 Å². The maximum atomic E-state index is 11.0. The molecule has 0 aromatic heterocycles. The average Bonchev–Trinajstić information content (AvgIpc) is 2.51. The highest BCUT2D eigenvalue weighted by atomic mass is 16.5. The van der Waals surface area contributed by atoms with Crippen molar-refractivity contribution in [2.45, 2.75) is 103 Å². The standard InChI is InChI=1S/C19H37O3/c1-2-3-4-5-6-7-8-9-10-11-12-13-14-15-18-22-19(21)16-17-20/h2-18H2,1H3. The molecule has 0 atom stereocenters. The minimum absolute atomic E-state index is 0.0125. The number of esters is 1. The lowest BCUT2D eigenvalue weighted by Crippen LogP contribution is -2.06. The number of carbonyl (C=O) groups excluding carboxylic acids is 1. The number of ether oxygens (including phenoxy) is 1. The van der Waals surface area contributed by atoms with Gasteiger partial charge in [-0.1, -0.05) is 90.4 Å². The zero-order chi connectivity index (χ0) is 16.3. The maximum absolute atomic E-state index is 11.0. The van der Waals surface area contributed by atoms with E-state index in [2.05, 4.69) is 6.92 Å². The largest absolute Gasteiger partial charge is 0.466 e. The van der Waals surface area contributed by atoms with Crippen molar-refractivity contribution >= 4 is 5.97 Å². The quantitative estimate of drug-likeness (QED) is 0.250. The summed E-state index contributed by atoms with van der Waals surface area (Å²) in [6.07, 6.45) is 18.5. The summed E-state index contributed by atoms with van der Waals surface area (Å²) < 4.78 is 4.95. The molecule has 0 unspecified atom stereocenters. The summed E-state index contributed by atoms with van der Waals surface area (Å²) in [5.41, 5.74) is 0. The first-order valence-electron chi connectivity index (χ1n) is 9.55. The van der Waals surface area contributed by atoms with Crippen molar-refractivity contribution in [2.75, 3.05) is 13.2 Å². The van der Waals surface area contributed by atoms with E-state index in [1.807, 2.05) is 0 Å². The Labute approximate surface area is 137 Å². The van der Waals surface area contributed by atoms with Crippen LogP contribution < -0.4 is 0 Å². The number of carbonyl (C=O) groups is 1. The number of hydrogen-bond donors (Lipinski definition) is 0. The van der Waals surface area contributed by atoms with Gasteiger partial charge in [-0.2, -0.15) is 0 Å². The van der Waals surface area contributed by atoms with Gasteiger partial charge in [-0.25, -0.2) is 5.11 Å². The highest BCUT2D eigenvalue weighted by Gasteiger charge is 2.00. The molecular weight excluding hydrogens is 276 g/mol. The molecule has 0 aliphatic carbocycles. The molecule has 0 spiro atoms. The second kappa shape index (κ2) is 18.5. The molecule has 0 N–H and O–H groups in total. The second-order valence-corrected chi connectivity index (χ2v) is 6.27. The van der Waals surface area contributed by atoms with Gasteiger partial charge in [-0.05, 0) is 6.42 Å². The van der Waals surface area contributed by atoms with Gasteiger partial charge in [0.05, 0.1) is 19.6 Å². The van der Waals surface area contributed by atoms with Crippen LogP contribution >= 0.6 is 0 Å². The van der Waals surface area contributed by atoms with Gasteiger partial charge in [-0.15, -0.1) is 0 Å². The normalized spacial score (nSPS) is 10.8. The monoisotopic (exact) mass is 313 g/mol. The molecule has 0 aromatic carbocycles. The third-order valence-corrected chi connectivity index (χ3v) is 4.07. The van der Waals surface area contributed by atoms with Crippen molar-refractivity contribution in [1.29, 1.82) is 0 Å².